The van der Waals surface area contributed by atoms with Crippen molar-refractivity contribution in [2.75, 3.05) is 16.8 Å². The Morgan fingerprint density at radius 2 is 1.69 bits per heavy atom. The smallest absolute Gasteiger partial charge is 0.387 e. The third kappa shape index (κ3) is 4.83. The van der Waals surface area contributed by atoms with Gasteiger partial charge in [-0.25, -0.2) is 0 Å². The maximum Gasteiger partial charge on any atom is 0.387 e. The van der Waals surface area contributed by atoms with Gasteiger partial charge in [0.2, 0.25) is 5.91 Å². The molecule has 0 fully saturated rings. The van der Waals surface area contributed by atoms with Crippen molar-refractivity contribution in [3.05, 3.63) is 95.6 Å². The molecule has 3 aromatic rings. The number of amides is 2. The van der Waals surface area contributed by atoms with E-state index in [4.69, 9.17) is 0 Å². The quantitative estimate of drug-likeness (QED) is 0.547. The van der Waals surface area contributed by atoms with E-state index in [1.807, 2.05) is 24.3 Å². The van der Waals surface area contributed by atoms with Crippen molar-refractivity contribution in [1.82, 2.24) is 0 Å². The summed E-state index contributed by atoms with van der Waals surface area (Å²) in [6, 6.07) is 20.6. The highest BCUT2D eigenvalue weighted by molar-refractivity contribution is 6.08. The molecule has 32 heavy (non-hydrogen) atoms. The molecule has 2 amide bonds. The fraction of sp³-hybridized carbons (Fsp3) is 0.120. The first-order valence-corrected chi connectivity index (χ1v) is 10.0. The van der Waals surface area contributed by atoms with E-state index < -0.39 is 12.5 Å². The van der Waals surface area contributed by atoms with Gasteiger partial charge in [-0.2, -0.15) is 8.78 Å². The molecule has 5 nitrogen and oxygen atoms in total. The summed E-state index contributed by atoms with van der Waals surface area (Å²) >= 11 is 0. The van der Waals surface area contributed by atoms with Crippen molar-refractivity contribution in [3.63, 3.8) is 0 Å². The second kappa shape index (κ2) is 9.43. The summed E-state index contributed by atoms with van der Waals surface area (Å²) in [5.74, 6) is -0.550. The van der Waals surface area contributed by atoms with Crippen molar-refractivity contribution < 1.29 is 23.1 Å². The molecule has 0 unspecified atom stereocenters. The van der Waals surface area contributed by atoms with Gasteiger partial charge in [-0.05, 0) is 54.5 Å². The minimum absolute atomic E-state index is 0.0158. The van der Waals surface area contributed by atoms with Crippen molar-refractivity contribution in [2.24, 2.45) is 0 Å². The number of anilines is 2. The number of para-hydroxylation sites is 2. The van der Waals surface area contributed by atoms with Gasteiger partial charge < -0.3 is 15.0 Å². The van der Waals surface area contributed by atoms with Crippen LogP contribution in [0.25, 0.3) is 6.08 Å². The van der Waals surface area contributed by atoms with Gasteiger partial charge in [0.1, 0.15) is 5.75 Å². The molecule has 1 N–H and O–H groups in total. The Bertz CT molecular complexity index is 1160. The minimum atomic E-state index is -2.95. The predicted molar refractivity (Wildman–Crippen MR) is 119 cm³/mol. The van der Waals surface area contributed by atoms with Gasteiger partial charge in [0, 0.05) is 35.1 Å². The van der Waals surface area contributed by atoms with Crippen LogP contribution < -0.4 is 15.0 Å². The summed E-state index contributed by atoms with van der Waals surface area (Å²) < 4.78 is 29.4. The maximum atomic E-state index is 12.9. The highest BCUT2D eigenvalue weighted by Gasteiger charge is 2.24. The molecule has 7 heteroatoms. The summed E-state index contributed by atoms with van der Waals surface area (Å²) in [6.45, 7) is -2.31. The lowest BCUT2D eigenvalue weighted by molar-refractivity contribution is -0.111. The van der Waals surface area contributed by atoms with Crippen LogP contribution in [0.1, 0.15) is 21.5 Å². The molecule has 1 aliphatic heterocycles. The fourth-order valence-corrected chi connectivity index (χ4v) is 3.57. The van der Waals surface area contributed by atoms with Crippen LogP contribution in [0.3, 0.4) is 0 Å². The number of benzene rings is 3. The third-order valence-corrected chi connectivity index (χ3v) is 5.08. The molecular weight excluding hydrogens is 414 g/mol. The Balaban J connectivity index is 1.40. The zero-order valence-corrected chi connectivity index (χ0v) is 17.0. The van der Waals surface area contributed by atoms with Crippen molar-refractivity contribution in [2.45, 2.75) is 13.0 Å². The summed E-state index contributed by atoms with van der Waals surface area (Å²) in [5.41, 5.74) is 3.46. The van der Waals surface area contributed by atoms with Gasteiger partial charge in [-0.3, -0.25) is 9.59 Å². The highest BCUT2D eigenvalue weighted by Crippen LogP contribution is 2.29. The Kier molecular flexibility index (Phi) is 6.26. The van der Waals surface area contributed by atoms with Crippen LogP contribution in [0.5, 0.6) is 5.75 Å². The Hall–Kier alpha value is -4.00. The van der Waals surface area contributed by atoms with Gasteiger partial charge in [0.25, 0.3) is 5.91 Å². The van der Waals surface area contributed by atoms with E-state index >= 15 is 0 Å². The minimum Gasteiger partial charge on any atom is -0.434 e. The van der Waals surface area contributed by atoms with Crippen molar-refractivity contribution in [3.8, 4) is 5.75 Å². The summed E-state index contributed by atoms with van der Waals surface area (Å²) in [4.78, 5) is 26.9. The van der Waals surface area contributed by atoms with E-state index in [1.165, 1.54) is 18.2 Å². The number of ether oxygens (including phenoxy) is 1. The first-order valence-electron chi connectivity index (χ1n) is 10.0. The second-order valence-electron chi connectivity index (χ2n) is 7.15. The molecule has 162 valence electrons. The number of alkyl halides is 2. The second-order valence-corrected chi connectivity index (χ2v) is 7.15. The summed E-state index contributed by atoms with van der Waals surface area (Å²) in [6.07, 6.45) is 3.46. The number of hydrogen-bond acceptors (Lipinski definition) is 3. The third-order valence-electron chi connectivity index (χ3n) is 5.08. The summed E-state index contributed by atoms with van der Waals surface area (Å²) in [7, 11) is 0. The lowest BCUT2D eigenvalue weighted by atomic mass is 10.1. The number of fused-ring (bicyclic) bond motifs is 1. The molecule has 3 aromatic carbocycles. The molecule has 0 aliphatic carbocycles. The SMILES string of the molecule is O=C(/C=C/c1ccccc1OC(F)F)Nc1ccc(C(=O)N2CCc3ccccc32)cc1. The number of hydrogen-bond donors (Lipinski definition) is 1. The number of halogens is 2. The van der Waals surface area contributed by atoms with E-state index in [9.17, 15) is 18.4 Å². The van der Waals surface area contributed by atoms with Crippen LogP contribution in [0.4, 0.5) is 20.2 Å². The highest BCUT2D eigenvalue weighted by atomic mass is 19.3. The van der Waals surface area contributed by atoms with Crippen LogP contribution >= 0.6 is 0 Å². The monoisotopic (exact) mass is 434 g/mol. The zero-order valence-electron chi connectivity index (χ0n) is 17.0. The van der Waals surface area contributed by atoms with Crippen molar-refractivity contribution >= 4 is 29.3 Å². The van der Waals surface area contributed by atoms with Gasteiger partial charge >= 0.3 is 6.61 Å². The first kappa shape index (κ1) is 21.2. The Labute approximate surface area is 183 Å². The van der Waals surface area contributed by atoms with Crippen LogP contribution in [0, 0.1) is 0 Å². The van der Waals surface area contributed by atoms with E-state index in [1.54, 1.807) is 47.4 Å². The number of rotatable bonds is 6. The van der Waals surface area contributed by atoms with Crippen molar-refractivity contribution in [1.29, 1.82) is 0 Å². The number of nitrogens with one attached hydrogen (secondary N) is 1. The normalized spacial score (nSPS) is 12.8. The van der Waals surface area contributed by atoms with Gasteiger partial charge in [-0.1, -0.05) is 36.4 Å². The average Bonchev–Trinajstić information content (AvgIpc) is 3.22. The molecule has 0 saturated heterocycles. The molecule has 0 radical (unpaired) electrons. The van der Waals surface area contributed by atoms with Crippen LogP contribution in [0.2, 0.25) is 0 Å². The van der Waals surface area contributed by atoms with Gasteiger partial charge in [0.05, 0.1) is 0 Å². The topological polar surface area (TPSA) is 58.6 Å². The van der Waals surface area contributed by atoms with Crippen LogP contribution in [0.15, 0.2) is 78.9 Å². The number of nitrogens with zero attached hydrogens (tertiary/aromatic N) is 1. The zero-order chi connectivity index (χ0) is 22.5. The first-order chi connectivity index (χ1) is 15.5. The molecule has 0 saturated carbocycles. The standard InChI is InChI=1S/C25H20F2N2O3/c26-25(27)32-22-8-4-2-6-18(22)11-14-23(30)28-20-12-9-19(10-13-20)24(31)29-16-15-17-5-1-3-7-21(17)29/h1-14,25H,15-16H2,(H,28,30)/b14-11+. The molecule has 0 aromatic heterocycles. The van der Waals surface area contributed by atoms with Gasteiger partial charge in [-0.15, -0.1) is 0 Å². The molecule has 1 aliphatic rings. The molecule has 1 heterocycles. The lowest BCUT2D eigenvalue weighted by Gasteiger charge is -2.17. The molecule has 0 spiro atoms. The largest absolute Gasteiger partial charge is 0.434 e. The number of carbonyl (C=O) groups is 2. The number of carbonyl (C=O) groups excluding carboxylic acids is 2. The van der Waals surface area contributed by atoms with E-state index in [0.717, 1.165) is 17.7 Å². The average molecular weight is 434 g/mol. The van der Waals surface area contributed by atoms with E-state index in [-0.39, 0.29) is 11.7 Å². The molecule has 0 atom stereocenters. The fourth-order valence-electron chi connectivity index (χ4n) is 3.57. The molecule has 4 rings (SSSR count). The maximum absolute atomic E-state index is 12.9. The molecular formula is C25H20F2N2O3. The predicted octanol–water partition coefficient (Wildman–Crippen LogP) is 5.14. The van der Waals surface area contributed by atoms with Gasteiger partial charge in [0.15, 0.2) is 0 Å². The Morgan fingerprint density at radius 1 is 0.969 bits per heavy atom. The van der Waals surface area contributed by atoms with Crippen LogP contribution in [-0.2, 0) is 11.2 Å². The molecule has 0 bridgehead atoms. The Morgan fingerprint density at radius 3 is 2.47 bits per heavy atom. The van der Waals surface area contributed by atoms with Crippen LogP contribution in [-0.4, -0.2) is 25.0 Å². The van der Waals surface area contributed by atoms with E-state index in [0.29, 0.717) is 23.4 Å². The summed E-state index contributed by atoms with van der Waals surface area (Å²) in [5, 5.41) is 2.68. The van der Waals surface area contributed by atoms with E-state index in [2.05, 4.69) is 10.1 Å². The lowest BCUT2D eigenvalue weighted by Crippen LogP contribution is -2.28.